The van der Waals surface area contributed by atoms with Crippen LogP contribution in [0.4, 0.5) is 10.1 Å². The highest BCUT2D eigenvalue weighted by Crippen LogP contribution is 2.38. The number of ether oxygens (including phenoxy) is 2. The van der Waals surface area contributed by atoms with Gasteiger partial charge in [0, 0.05) is 18.0 Å². The van der Waals surface area contributed by atoms with Crippen LogP contribution in [-0.4, -0.2) is 42.8 Å². The van der Waals surface area contributed by atoms with Crippen LogP contribution in [0.5, 0.6) is 5.75 Å². The van der Waals surface area contributed by atoms with Crippen molar-refractivity contribution in [2.75, 3.05) is 18.6 Å². The minimum Gasteiger partial charge on any atom is -0.490 e. The third-order valence-corrected chi connectivity index (χ3v) is 7.10. The number of aliphatic hydroxyl groups is 1. The molecule has 2 fully saturated rings. The van der Waals surface area contributed by atoms with E-state index in [2.05, 4.69) is 6.92 Å². The molecule has 3 rings (SSSR count). The maximum absolute atomic E-state index is 15.1. The minimum atomic E-state index is -0.628. The third-order valence-electron chi connectivity index (χ3n) is 7.10. The van der Waals surface area contributed by atoms with E-state index in [-0.39, 0.29) is 41.0 Å². The van der Waals surface area contributed by atoms with E-state index >= 15 is 4.39 Å². The van der Waals surface area contributed by atoms with Gasteiger partial charge in [0.2, 0.25) is 5.91 Å². The Bertz CT molecular complexity index is 813. The summed E-state index contributed by atoms with van der Waals surface area (Å²) >= 11 is 0. The lowest BCUT2D eigenvalue weighted by Gasteiger charge is -2.39. The van der Waals surface area contributed by atoms with Crippen LogP contribution >= 0.6 is 0 Å². The van der Waals surface area contributed by atoms with Crippen molar-refractivity contribution < 1.29 is 28.6 Å². The van der Waals surface area contributed by atoms with Gasteiger partial charge in [-0.2, -0.15) is 0 Å². The number of anilines is 1. The second kappa shape index (κ2) is 11.8. The van der Waals surface area contributed by atoms with E-state index in [0.29, 0.717) is 38.2 Å². The Hall–Kier alpha value is -2.15. The number of nitrogens with zero attached hydrogens (tertiary/aromatic N) is 1. The van der Waals surface area contributed by atoms with E-state index in [0.717, 1.165) is 38.5 Å². The zero-order valence-corrected chi connectivity index (χ0v) is 20.1. The van der Waals surface area contributed by atoms with Crippen molar-refractivity contribution in [3.05, 3.63) is 23.5 Å². The molecule has 33 heavy (non-hydrogen) atoms. The van der Waals surface area contributed by atoms with Gasteiger partial charge in [-0.3, -0.25) is 4.79 Å². The molecule has 0 saturated heterocycles. The molecule has 1 amide bonds. The number of hydrogen-bond donors (Lipinski definition) is 1. The smallest absolute Gasteiger partial charge is 0.340 e. The van der Waals surface area contributed by atoms with Crippen molar-refractivity contribution in [1.82, 2.24) is 0 Å². The first-order valence-electron chi connectivity index (χ1n) is 12.4. The van der Waals surface area contributed by atoms with E-state index in [1.807, 2.05) is 6.92 Å². The number of amides is 1. The molecular weight excluding hydrogens is 425 g/mol. The Labute approximate surface area is 196 Å². The molecule has 0 bridgehead atoms. The summed E-state index contributed by atoms with van der Waals surface area (Å²) in [5.41, 5.74) is 0.376. The fraction of sp³-hybridized carbons (Fsp3) is 0.692. The fourth-order valence-corrected chi connectivity index (χ4v) is 4.97. The third kappa shape index (κ3) is 6.25. The molecule has 2 saturated carbocycles. The molecule has 1 aromatic rings. The molecule has 0 heterocycles. The van der Waals surface area contributed by atoms with Crippen molar-refractivity contribution in [3.63, 3.8) is 0 Å². The number of benzene rings is 1. The van der Waals surface area contributed by atoms with Crippen LogP contribution in [0, 0.1) is 17.7 Å². The van der Waals surface area contributed by atoms with Gasteiger partial charge in [0.05, 0.1) is 31.1 Å². The van der Waals surface area contributed by atoms with Crippen molar-refractivity contribution in [1.29, 1.82) is 0 Å². The zero-order valence-electron chi connectivity index (χ0n) is 20.1. The highest BCUT2D eigenvalue weighted by molar-refractivity contribution is 6.04. The van der Waals surface area contributed by atoms with E-state index in [4.69, 9.17) is 9.47 Å². The van der Waals surface area contributed by atoms with Gasteiger partial charge in [-0.25, -0.2) is 9.18 Å². The monoisotopic (exact) mass is 463 g/mol. The predicted octanol–water partition coefficient (Wildman–Crippen LogP) is 5.25. The number of halogens is 1. The highest BCUT2D eigenvalue weighted by Gasteiger charge is 2.37. The average molecular weight is 464 g/mol. The van der Waals surface area contributed by atoms with E-state index in [9.17, 15) is 14.7 Å². The van der Waals surface area contributed by atoms with E-state index < -0.39 is 11.8 Å². The average Bonchev–Trinajstić information content (AvgIpc) is 2.81. The standard InChI is InChI=1S/C26H38FNO5/c1-4-5-14-33-24-15-21(26(31)32-3)23(16-22(24)27)28(19-10-12-20(29)13-11-19)25(30)18-8-6-17(2)7-9-18/h15-20,29H,4-14H2,1-3H3. The Balaban J connectivity index is 2.01. The topological polar surface area (TPSA) is 76.1 Å². The van der Waals surface area contributed by atoms with Gasteiger partial charge in [-0.05, 0) is 69.8 Å². The van der Waals surface area contributed by atoms with Gasteiger partial charge in [0.25, 0.3) is 0 Å². The molecule has 6 nitrogen and oxygen atoms in total. The van der Waals surface area contributed by atoms with Gasteiger partial charge in [0.15, 0.2) is 11.6 Å². The maximum Gasteiger partial charge on any atom is 0.340 e. The van der Waals surface area contributed by atoms with Crippen molar-refractivity contribution in [2.24, 2.45) is 11.8 Å². The van der Waals surface area contributed by atoms with Gasteiger partial charge in [-0.1, -0.05) is 20.3 Å². The van der Waals surface area contributed by atoms with Gasteiger partial charge >= 0.3 is 5.97 Å². The summed E-state index contributed by atoms with van der Waals surface area (Å²) in [7, 11) is 1.28. The van der Waals surface area contributed by atoms with Gasteiger partial charge in [-0.15, -0.1) is 0 Å². The van der Waals surface area contributed by atoms with Crippen LogP contribution < -0.4 is 9.64 Å². The molecule has 0 atom stereocenters. The summed E-state index contributed by atoms with van der Waals surface area (Å²) in [5, 5.41) is 10.0. The molecule has 1 N–H and O–H groups in total. The lowest BCUT2D eigenvalue weighted by Crippen LogP contribution is -2.47. The summed E-state index contributed by atoms with van der Waals surface area (Å²) in [6.07, 6.45) is 7.18. The molecule has 2 aliphatic carbocycles. The normalized spacial score (nSPS) is 25.4. The van der Waals surface area contributed by atoms with Crippen LogP contribution in [0.3, 0.4) is 0 Å². The first-order valence-corrected chi connectivity index (χ1v) is 12.4. The number of aliphatic hydroxyl groups excluding tert-OH is 1. The first kappa shape index (κ1) is 25.5. The summed E-state index contributed by atoms with van der Waals surface area (Å²) in [6, 6.07) is 2.42. The minimum absolute atomic E-state index is 0.00874. The molecule has 2 aliphatic rings. The molecule has 0 aromatic heterocycles. The van der Waals surface area contributed by atoms with Crippen LogP contribution in [0.25, 0.3) is 0 Å². The van der Waals surface area contributed by atoms with Crippen LogP contribution in [0.2, 0.25) is 0 Å². The Morgan fingerprint density at radius 3 is 2.36 bits per heavy atom. The lowest BCUT2D eigenvalue weighted by atomic mass is 9.81. The van der Waals surface area contributed by atoms with Crippen molar-refractivity contribution in [2.45, 2.75) is 90.2 Å². The first-order chi connectivity index (χ1) is 15.8. The molecule has 7 heteroatoms. The van der Waals surface area contributed by atoms with Crippen molar-refractivity contribution >= 4 is 17.6 Å². The number of esters is 1. The van der Waals surface area contributed by atoms with Crippen LogP contribution in [-0.2, 0) is 9.53 Å². The fourth-order valence-electron chi connectivity index (χ4n) is 4.97. The predicted molar refractivity (Wildman–Crippen MR) is 125 cm³/mol. The van der Waals surface area contributed by atoms with Crippen molar-refractivity contribution in [3.8, 4) is 5.75 Å². The summed E-state index contributed by atoms with van der Waals surface area (Å²) < 4.78 is 25.7. The molecule has 184 valence electrons. The highest BCUT2D eigenvalue weighted by atomic mass is 19.1. The largest absolute Gasteiger partial charge is 0.490 e. The Morgan fingerprint density at radius 1 is 1.09 bits per heavy atom. The van der Waals surface area contributed by atoms with Gasteiger partial charge < -0.3 is 19.5 Å². The number of rotatable bonds is 8. The SMILES string of the molecule is CCCCOc1cc(C(=O)OC)c(N(C(=O)C2CCC(C)CC2)C2CCC(O)CC2)cc1F. The second-order valence-electron chi connectivity index (χ2n) is 9.62. The Kier molecular flexibility index (Phi) is 9.12. The number of carbonyl (C=O) groups is 2. The quantitative estimate of drug-likeness (QED) is 0.421. The maximum atomic E-state index is 15.1. The van der Waals surface area contributed by atoms with Crippen LogP contribution in [0.1, 0.15) is 88.4 Å². The Morgan fingerprint density at radius 2 is 1.76 bits per heavy atom. The number of hydrogen-bond acceptors (Lipinski definition) is 5. The summed E-state index contributed by atoms with van der Waals surface area (Å²) in [5.74, 6) is -0.856. The lowest BCUT2D eigenvalue weighted by molar-refractivity contribution is -0.124. The summed E-state index contributed by atoms with van der Waals surface area (Å²) in [6.45, 7) is 4.55. The number of unbranched alkanes of at least 4 members (excludes halogenated alkanes) is 1. The van der Waals surface area contributed by atoms with E-state index in [1.54, 1.807) is 4.90 Å². The molecular formula is C26H38FNO5. The zero-order chi connectivity index (χ0) is 24.0. The molecule has 1 aromatic carbocycles. The molecule has 0 spiro atoms. The van der Waals surface area contributed by atoms with Crippen LogP contribution in [0.15, 0.2) is 12.1 Å². The molecule has 0 aliphatic heterocycles. The molecule has 0 radical (unpaired) electrons. The van der Waals surface area contributed by atoms with Gasteiger partial charge in [0.1, 0.15) is 0 Å². The number of carbonyl (C=O) groups excluding carboxylic acids is 2. The molecule has 0 unspecified atom stereocenters. The number of methoxy groups -OCH3 is 1. The summed E-state index contributed by atoms with van der Waals surface area (Å²) in [4.78, 5) is 28.2. The van der Waals surface area contributed by atoms with E-state index in [1.165, 1.54) is 19.2 Å². The second-order valence-corrected chi connectivity index (χ2v) is 9.62.